The number of hydrogen-bond acceptors (Lipinski definition) is 3. The molecule has 1 aliphatic heterocycles. The van der Waals surface area contributed by atoms with Crippen LogP contribution < -0.4 is 15.4 Å². The molecule has 0 bridgehead atoms. The molecule has 1 heterocycles. The Morgan fingerprint density at radius 2 is 2.20 bits per heavy atom. The summed E-state index contributed by atoms with van der Waals surface area (Å²) in [6.45, 7) is 1.93. The fraction of sp³-hybridized carbons (Fsp3) is 0.462. The Morgan fingerprint density at radius 1 is 1.45 bits per heavy atom. The van der Waals surface area contributed by atoms with Gasteiger partial charge in [0.25, 0.3) is 5.91 Å². The number of hydrogen-bond donors (Lipinski definition) is 2. The van der Waals surface area contributed by atoms with Crippen LogP contribution in [0, 0.1) is 0 Å². The third kappa shape index (κ3) is 3.22. The van der Waals surface area contributed by atoms with Crippen molar-refractivity contribution < 1.29 is 22.7 Å². The molecule has 1 unspecified atom stereocenters. The summed E-state index contributed by atoms with van der Waals surface area (Å²) in [6, 6.07) is 2.34. The monoisotopic (exact) mass is 288 g/mol. The number of carbonyl (C=O) groups is 1. The maximum Gasteiger partial charge on any atom is 0.407 e. The van der Waals surface area contributed by atoms with Gasteiger partial charge >= 0.3 is 6.18 Å². The minimum Gasteiger partial charge on any atom is -0.482 e. The number of halogens is 3. The highest BCUT2D eigenvalue weighted by molar-refractivity contribution is 5.95. The van der Waals surface area contributed by atoms with Crippen molar-refractivity contribution in [1.29, 1.82) is 0 Å². The summed E-state index contributed by atoms with van der Waals surface area (Å²) in [5, 5.41) is 4.97. The van der Waals surface area contributed by atoms with Crippen molar-refractivity contribution in [3.8, 4) is 5.75 Å². The summed E-state index contributed by atoms with van der Waals surface area (Å²) in [6.07, 6.45) is -3.81. The summed E-state index contributed by atoms with van der Waals surface area (Å²) in [7, 11) is 0. The van der Waals surface area contributed by atoms with Gasteiger partial charge in [-0.1, -0.05) is 13.0 Å². The highest BCUT2D eigenvalue weighted by Crippen LogP contribution is 2.37. The number of alkyl halides is 3. The molecule has 20 heavy (non-hydrogen) atoms. The van der Waals surface area contributed by atoms with Gasteiger partial charge in [0.05, 0.1) is 5.69 Å². The fourth-order valence-corrected chi connectivity index (χ4v) is 1.99. The lowest BCUT2D eigenvalue weighted by Gasteiger charge is -2.24. The van der Waals surface area contributed by atoms with Crippen LogP contribution in [0.1, 0.15) is 24.9 Å². The quantitative estimate of drug-likeness (QED) is 0.895. The standard InChI is InChI=1S/C13H15F3N2O2/c1-2-5-17-12(13(14,15)16)8-3-4-10-9(6-8)18-11(19)7-20-10/h3-4,6,12,17H,2,5,7H2,1H3,(H,18,19). The van der Waals surface area contributed by atoms with E-state index in [-0.39, 0.29) is 30.3 Å². The van der Waals surface area contributed by atoms with Crippen molar-refractivity contribution in [3.05, 3.63) is 23.8 Å². The van der Waals surface area contributed by atoms with Crippen LogP contribution in [0.2, 0.25) is 0 Å². The Morgan fingerprint density at radius 3 is 2.85 bits per heavy atom. The second-order valence-corrected chi connectivity index (χ2v) is 4.52. The van der Waals surface area contributed by atoms with E-state index in [1.54, 1.807) is 6.92 Å². The molecule has 0 saturated carbocycles. The highest BCUT2D eigenvalue weighted by atomic mass is 19.4. The van der Waals surface area contributed by atoms with Gasteiger partial charge in [-0.15, -0.1) is 0 Å². The number of ether oxygens (including phenoxy) is 1. The first kappa shape index (κ1) is 14.6. The van der Waals surface area contributed by atoms with Crippen molar-refractivity contribution in [3.63, 3.8) is 0 Å². The van der Waals surface area contributed by atoms with Crippen LogP contribution in [0.3, 0.4) is 0 Å². The average molecular weight is 288 g/mol. The van der Waals surface area contributed by atoms with Gasteiger partial charge in [0.2, 0.25) is 0 Å². The average Bonchev–Trinajstić information content (AvgIpc) is 2.37. The Balaban J connectivity index is 2.29. The Labute approximate surface area is 114 Å². The second kappa shape index (κ2) is 5.70. The molecule has 0 radical (unpaired) electrons. The molecule has 1 amide bonds. The molecule has 0 aliphatic carbocycles. The van der Waals surface area contributed by atoms with Gasteiger partial charge in [0.15, 0.2) is 6.61 Å². The van der Waals surface area contributed by atoms with Crippen molar-refractivity contribution in [2.75, 3.05) is 18.5 Å². The lowest BCUT2D eigenvalue weighted by atomic mass is 10.0. The summed E-state index contributed by atoms with van der Waals surface area (Å²) >= 11 is 0. The molecule has 1 atom stereocenters. The van der Waals surface area contributed by atoms with Crippen molar-refractivity contribution in [1.82, 2.24) is 5.32 Å². The van der Waals surface area contributed by atoms with Gasteiger partial charge in [-0.2, -0.15) is 13.2 Å². The number of nitrogens with one attached hydrogen (secondary N) is 2. The van der Waals surface area contributed by atoms with Crippen LogP contribution in [-0.4, -0.2) is 25.2 Å². The zero-order valence-corrected chi connectivity index (χ0v) is 10.9. The molecule has 7 heteroatoms. The third-order valence-electron chi connectivity index (χ3n) is 2.90. The van der Waals surface area contributed by atoms with Crippen molar-refractivity contribution in [2.45, 2.75) is 25.6 Å². The number of fused-ring (bicyclic) bond motifs is 1. The summed E-state index contributed by atoms with van der Waals surface area (Å²) in [4.78, 5) is 11.2. The number of amides is 1. The first-order valence-corrected chi connectivity index (χ1v) is 6.28. The van der Waals surface area contributed by atoms with E-state index in [0.717, 1.165) is 0 Å². The van der Waals surface area contributed by atoms with Gasteiger partial charge in [-0.3, -0.25) is 4.79 Å². The number of anilines is 1. The maximum absolute atomic E-state index is 13.1. The fourth-order valence-electron chi connectivity index (χ4n) is 1.99. The number of carbonyl (C=O) groups excluding carboxylic acids is 1. The predicted molar refractivity (Wildman–Crippen MR) is 67.7 cm³/mol. The first-order valence-electron chi connectivity index (χ1n) is 6.28. The summed E-state index contributed by atoms with van der Waals surface area (Å²) in [5.41, 5.74) is 0.321. The van der Waals surface area contributed by atoms with Crippen molar-refractivity contribution in [2.24, 2.45) is 0 Å². The molecule has 0 saturated heterocycles. The maximum atomic E-state index is 13.1. The summed E-state index contributed by atoms with van der Waals surface area (Å²) in [5.74, 6) is 0.00416. The van der Waals surface area contributed by atoms with Crippen LogP contribution in [0.25, 0.3) is 0 Å². The Kier molecular flexibility index (Phi) is 4.17. The number of benzene rings is 1. The lowest BCUT2D eigenvalue weighted by Crippen LogP contribution is -2.35. The normalized spacial score (nSPS) is 16.1. The molecule has 1 aliphatic rings. The van der Waals surface area contributed by atoms with Gasteiger partial charge in [0.1, 0.15) is 11.8 Å². The van der Waals surface area contributed by atoms with Gasteiger partial charge in [-0.05, 0) is 30.7 Å². The molecule has 0 fully saturated rings. The van der Waals surface area contributed by atoms with Gasteiger partial charge < -0.3 is 15.4 Å². The SMILES string of the molecule is CCCNC(c1ccc2c(c1)NC(=O)CO2)C(F)(F)F. The van der Waals surface area contributed by atoms with Gasteiger partial charge in [0, 0.05) is 0 Å². The van der Waals surface area contributed by atoms with E-state index in [1.165, 1.54) is 18.2 Å². The minimum absolute atomic E-state index is 0.0514. The molecule has 2 N–H and O–H groups in total. The van der Waals surface area contributed by atoms with Crippen LogP contribution in [0.4, 0.5) is 18.9 Å². The molecular weight excluding hydrogens is 273 g/mol. The molecule has 0 aromatic heterocycles. The molecule has 0 spiro atoms. The van der Waals surface area contributed by atoms with Crippen LogP contribution in [0.5, 0.6) is 5.75 Å². The predicted octanol–water partition coefficient (Wildman–Crippen LogP) is 2.62. The Bertz CT molecular complexity index is 503. The highest BCUT2D eigenvalue weighted by Gasteiger charge is 2.40. The molecule has 1 aromatic carbocycles. The van der Waals surface area contributed by atoms with Crippen LogP contribution in [-0.2, 0) is 4.79 Å². The van der Waals surface area contributed by atoms with E-state index in [9.17, 15) is 18.0 Å². The third-order valence-corrected chi connectivity index (χ3v) is 2.90. The molecule has 1 aromatic rings. The van der Waals surface area contributed by atoms with E-state index >= 15 is 0 Å². The minimum atomic E-state index is -4.40. The first-order chi connectivity index (χ1) is 9.41. The van der Waals surface area contributed by atoms with Crippen LogP contribution in [0.15, 0.2) is 18.2 Å². The zero-order chi connectivity index (χ0) is 14.8. The molecule has 2 rings (SSSR count). The van der Waals surface area contributed by atoms with E-state index in [0.29, 0.717) is 12.2 Å². The van der Waals surface area contributed by atoms with Crippen LogP contribution >= 0.6 is 0 Å². The summed E-state index contributed by atoms with van der Waals surface area (Å²) < 4.78 is 44.3. The lowest BCUT2D eigenvalue weighted by molar-refractivity contribution is -0.157. The largest absolute Gasteiger partial charge is 0.482 e. The van der Waals surface area contributed by atoms with E-state index in [1.807, 2.05) is 0 Å². The molecule has 4 nitrogen and oxygen atoms in total. The van der Waals surface area contributed by atoms with Gasteiger partial charge in [-0.25, -0.2) is 0 Å². The zero-order valence-electron chi connectivity index (χ0n) is 10.9. The Hall–Kier alpha value is -1.76. The topological polar surface area (TPSA) is 50.4 Å². The van der Waals surface area contributed by atoms with E-state index in [4.69, 9.17) is 4.74 Å². The molecular formula is C13H15F3N2O2. The smallest absolute Gasteiger partial charge is 0.407 e. The second-order valence-electron chi connectivity index (χ2n) is 4.52. The number of rotatable bonds is 4. The molecule has 110 valence electrons. The van der Waals surface area contributed by atoms with Crippen molar-refractivity contribution >= 4 is 11.6 Å². The van der Waals surface area contributed by atoms with E-state index < -0.39 is 12.2 Å². The van der Waals surface area contributed by atoms with E-state index in [2.05, 4.69) is 10.6 Å².